The van der Waals surface area contributed by atoms with Gasteiger partial charge < -0.3 is 24.5 Å². The molecule has 0 spiro atoms. The molecule has 1 unspecified atom stereocenters. The highest BCUT2D eigenvalue weighted by Crippen LogP contribution is 2.31. The second kappa shape index (κ2) is 11.0. The van der Waals surface area contributed by atoms with Crippen LogP contribution in [0.5, 0.6) is 17.2 Å². The topological polar surface area (TPSA) is 102 Å². The highest BCUT2D eigenvalue weighted by atomic mass is 16.5. The Hall–Kier alpha value is -3.59. The number of aromatic nitrogens is 3. The molecule has 0 saturated heterocycles. The molecule has 0 fully saturated rings. The predicted octanol–water partition coefficient (Wildman–Crippen LogP) is 2.70. The van der Waals surface area contributed by atoms with Gasteiger partial charge in [-0.05, 0) is 32.0 Å². The van der Waals surface area contributed by atoms with Crippen molar-refractivity contribution in [2.45, 2.75) is 39.4 Å². The van der Waals surface area contributed by atoms with Crippen LogP contribution in [0.25, 0.3) is 0 Å². The van der Waals surface area contributed by atoms with Gasteiger partial charge in [-0.2, -0.15) is 0 Å². The summed E-state index contributed by atoms with van der Waals surface area (Å²) in [5.41, 5.74) is 0.836. The van der Waals surface area contributed by atoms with Crippen molar-refractivity contribution < 1.29 is 19.4 Å². The van der Waals surface area contributed by atoms with Gasteiger partial charge in [0.1, 0.15) is 11.6 Å². The van der Waals surface area contributed by atoms with Gasteiger partial charge in [-0.25, -0.2) is 0 Å². The first kappa shape index (κ1) is 23.6. The van der Waals surface area contributed by atoms with Gasteiger partial charge in [0.25, 0.3) is 5.91 Å². The molecule has 34 heavy (non-hydrogen) atoms. The molecule has 0 radical (unpaired) electrons. The maximum Gasteiger partial charge on any atom is 0.258 e. The van der Waals surface area contributed by atoms with Crippen molar-refractivity contribution >= 4 is 5.91 Å². The number of hydrogen-bond donors (Lipinski definition) is 2. The summed E-state index contributed by atoms with van der Waals surface area (Å²) in [4.78, 5) is 14.7. The van der Waals surface area contributed by atoms with Crippen molar-refractivity contribution in [3.8, 4) is 17.2 Å². The molecule has 1 aliphatic rings. The Morgan fingerprint density at radius 1 is 1.09 bits per heavy atom. The number of amides is 1. The number of carbonyl (C=O) groups excluding carboxylic acids is 1. The fourth-order valence-electron chi connectivity index (χ4n) is 4.09. The van der Waals surface area contributed by atoms with E-state index in [9.17, 15) is 9.90 Å². The SMILES string of the molecule is CCOc1cccc(CN2CCc3nnc(C(C)NC(=O)COc4ccccc4)n3CC2)c1O. The average molecular weight is 466 g/mol. The van der Waals surface area contributed by atoms with Crippen LogP contribution in [0.15, 0.2) is 48.5 Å². The highest BCUT2D eigenvalue weighted by Gasteiger charge is 2.23. The molecule has 1 aromatic heterocycles. The van der Waals surface area contributed by atoms with Crippen molar-refractivity contribution in [2.24, 2.45) is 0 Å². The molecule has 1 amide bonds. The monoisotopic (exact) mass is 465 g/mol. The summed E-state index contributed by atoms with van der Waals surface area (Å²) in [6, 6.07) is 14.5. The number of ether oxygens (including phenoxy) is 2. The number of phenols is 1. The summed E-state index contributed by atoms with van der Waals surface area (Å²) in [6.45, 7) is 7.12. The number of para-hydroxylation sites is 2. The summed E-state index contributed by atoms with van der Waals surface area (Å²) in [7, 11) is 0. The molecule has 2 aromatic carbocycles. The first-order chi connectivity index (χ1) is 16.5. The molecule has 1 aliphatic heterocycles. The number of hydrogen-bond acceptors (Lipinski definition) is 7. The summed E-state index contributed by atoms with van der Waals surface area (Å²) < 4.78 is 13.1. The third kappa shape index (κ3) is 5.66. The summed E-state index contributed by atoms with van der Waals surface area (Å²) >= 11 is 0. The summed E-state index contributed by atoms with van der Waals surface area (Å²) in [5.74, 6) is 2.77. The van der Waals surface area contributed by atoms with Crippen LogP contribution in [0.3, 0.4) is 0 Å². The minimum atomic E-state index is -0.299. The van der Waals surface area contributed by atoms with Crippen LogP contribution in [0, 0.1) is 0 Å². The number of benzene rings is 2. The maximum absolute atomic E-state index is 12.4. The number of aromatic hydroxyl groups is 1. The lowest BCUT2D eigenvalue weighted by Gasteiger charge is -2.21. The molecular weight excluding hydrogens is 434 g/mol. The first-order valence-electron chi connectivity index (χ1n) is 11.6. The lowest BCUT2D eigenvalue weighted by Crippen LogP contribution is -2.33. The number of fused-ring (bicyclic) bond motifs is 1. The molecule has 0 saturated carbocycles. The molecular formula is C25H31N5O4. The minimum absolute atomic E-state index is 0.0621. The van der Waals surface area contributed by atoms with Gasteiger partial charge in [-0.3, -0.25) is 9.69 Å². The largest absolute Gasteiger partial charge is 0.504 e. The molecule has 9 nitrogen and oxygen atoms in total. The van der Waals surface area contributed by atoms with E-state index in [1.54, 1.807) is 6.07 Å². The van der Waals surface area contributed by atoms with Crippen LogP contribution in [0.2, 0.25) is 0 Å². The van der Waals surface area contributed by atoms with Crippen LogP contribution >= 0.6 is 0 Å². The van der Waals surface area contributed by atoms with Crippen molar-refractivity contribution in [1.82, 2.24) is 25.0 Å². The third-order valence-electron chi connectivity index (χ3n) is 5.80. The zero-order valence-electron chi connectivity index (χ0n) is 19.6. The fraction of sp³-hybridized carbons (Fsp3) is 0.400. The maximum atomic E-state index is 12.4. The van der Waals surface area contributed by atoms with Gasteiger partial charge in [-0.15, -0.1) is 10.2 Å². The molecule has 4 rings (SSSR count). The van der Waals surface area contributed by atoms with Gasteiger partial charge in [-0.1, -0.05) is 30.3 Å². The van der Waals surface area contributed by atoms with E-state index in [1.165, 1.54) is 0 Å². The Kier molecular flexibility index (Phi) is 7.64. The van der Waals surface area contributed by atoms with E-state index in [0.29, 0.717) is 31.2 Å². The van der Waals surface area contributed by atoms with E-state index in [4.69, 9.17) is 9.47 Å². The standard InChI is InChI=1S/C25H31N5O4/c1-3-33-21-11-7-8-19(24(21)32)16-29-13-12-22-27-28-25(30(22)15-14-29)18(2)26-23(31)17-34-20-9-5-4-6-10-20/h4-11,18,32H,3,12-17H2,1-2H3,(H,26,31). The van der Waals surface area contributed by atoms with Gasteiger partial charge >= 0.3 is 0 Å². The average Bonchev–Trinajstić information content (AvgIpc) is 3.15. The fourth-order valence-corrected chi connectivity index (χ4v) is 4.09. The van der Waals surface area contributed by atoms with E-state index in [2.05, 4.69) is 25.0 Å². The Labute approximate surface area is 199 Å². The normalized spacial score (nSPS) is 14.6. The minimum Gasteiger partial charge on any atom is -0.504 e. The summed E-state index contributed by atoms with van der Waals surface area (Å²) in [6.07, 6.45) is 0.733. The lowest BCUT2D eigenvalue weighted by atomic mass is 10.1. The Morgan fingerprint density at radius 2 is 1.91 bits per heavy atom. The lowest BCUT2D eigenvalue weighted by molar-refractivity contribution is -0.123. The second-order valence-corrected chi connectivity index (χ2v) is 8.24. The van der Waals surface area contributed by atoms with E-state index >= 15 is 0 Å². The van der Waals surface area contributed by atoms with Crippen LogP contribution in [0.4, 0.5) is 0 Å². The number of phenolic OH excluding ortho intramolecular Hbond substituents is 1. The van der Waals surface area contributed by atoms with Gasteiger partial charge in [0.15, 0.2) is 23.9 Å². The molecule has 9 heteroatoms. The van der Waals surface area contributed by atoms with E-state index in [1.807, 2.05) is 56.3 Å². The van der Waals surface area contributed by atoms with Gasteiger partial charge in [0.2, 0.25) is 0 Å². The van der Waals surface area contributed by atoms with Gasteiger partial charge in [0.05, 0.1) is 12.6 Å². The zero-order valence-corrected chi connectivity index (χ0v) is 19.6. The van der Waals surface area contributed by atoms with E-state index in [-0.39, 0.29) is 24.3 Å². The Morgan fingerprint density at radius 3 is 2.71 bits per heavy atom. The van der Waals surface area contributed by atoms with Crippen molar-refractivity contribution in [1.29, 1.82) is 0 Å². The molecule has 0 aliphatic carbocycles. The highest BCUT2D eigenvalue weighted by molar-refractivity contribution is 5.77. The van der Waals surface area contributed by atoms with Crippen LogP contribution in [-0.2, 0) is 24.3 Å². The number of carbonyl (C=O) groups is 1. The van der Waals surface area contributed by atoms with Crippen LogP contribution < -0.4 is 14.8 Å². The van der Waals surface area contributed by atoms with Crippen molar-refractivity contribution in [2.75, 3.05) is 26.3 Å². The molecule has 0 bridgehead atoms. The number of rotatable bonds is 9. The van der Waals surface area contributed by atoms with Crippen LogP contribution in [0.1, 0.15) is 37.1 Å². The Balaban J connectivity index is 1.35. The van der Waals surface area contributed by atoms with Crippen molar-refractivity contribution in [3.63, 3.8) is 0 Å². The van der Waals surface area contributed by atoms with Crippen LogP contribution in [-0.4, -0.2) is 57.0 Å². The molecule has 180 valence electrons. The molecule has 2 heterocycles. The Bertz CT molecular complexity index is 1100. The van der Waals surface area contributed by atoms with Gasteiger partial charge in [0, 0.05) is 38.2 Å². The predicted molar refractivity (Wildman–Crippen MR) is 127 cm³/mol. The smallest absolute Gasteiger partial charge is 0.258 e. The van der Waals surface area contributed by atoms with E-state index < -0.39 is 0 Å². The molecule has 1 atom stereocenters. The quantitative estimate of drug-likeness (QED) is 0.501. The third-order valence-corrected chi connectivity index (χ3v) is 5.80. The van der Waals surface area contributed by atoms with Crippen molar-refractivity contribution in [3.05, 3.63) is 65.7 Å². The molecule has 2 N–H and O–H groups in total. The number of nitrogens with zero attached hydrogens (tertiary/aromatic N) is 4. The first-order valence-corrected chi connectivity index (χ1v) is 11.6. The zero-order chi connectivity index (χ0) is 23.9. The number of nitrogens with one attached hydrogen (secondary N) is 1. The van der Waals surface area contributed by atoms with E-state index in [0.717, 1.165) is 36.7 Å². The second-order valence-electron chi connectivity index (χ2n) is 8.24. The summed E-state index contributed by atoms with van der Waals surface area (Å²) in [5, 5.41) is 22.2. The molecule has 3 aromatic rings.